The number of carbonyl (C=O) groups excluding carboxylic acids is 1. The predicted octanol–water partition coefficient (Wildman–Crippen LogP) is 4.69. The summed E-state index contributed by atoms with van der Waals surface area (Å²) in [5, 5.41) is 11.5. The fraction of sp³-hybridized carbons (Fsp3) is 0.0625. The lowest BCUT2D eigenvalue weighted by molar-refractivity contribution is 0.102. The minimum Gasteiger partial charge on any atom is -0.296 e. The second kappa shape index (κ2) is 7.89. The normalized spacial score (nSPS) is 10.5. The van der Waals surface area contributed by atoms with Gasteiger partial charge >= 0.3 is 0 Å². The first-order chi connectivity index (χ1) is 11.2. The van der Waals surface area contributed by atoms with Gasteiger partial charge in [0.25, 0.3) is 5.91 Å². The van der Waals surface area contributed by atoms with Crippen LogP contribution in [-0.2, 0) is 5.75 Å². The van der Waals surface area contributed by atoms with Crippen LogP contribution in [0.25, 0.3) is 0 Å². The van der Waals surface area contributed by atoms with Gasteiger partial charge in [0, 0.05) is 9.32 Å². The van der Waals surface area contributed by atoms with Crippen LogP contribution in [0.15, 0.2) is 58.9 Å². The van der Waals surface area contributed by atoms with Crippen LogP contribution in [0.1, 0.15) is 15.9 Å². The van der Waals surface area contributed by atoms with Crippen LogP contribution in [0.3, 0.4) is 0 Å². The van der Waals surface area contributed by atoms with Gasteiger partial charge in [-0.1, -0.05) is 65.6 Å². The van der Waals surface area contributed by atoms with Crippen LogP contribution in [-0.4, -0.2) is 16.1 Å². The summed E-state index contributed by atoms with van der Waals surface area (Å²) in [6.07, 6.45) is 0. The molecule has 0 bridgehead atoms. The van der Waals surface area contributed by atoms with Crippen molar-refractivity contribution in [2.24, 2.45) is 0 Å². The molecule has 0 aliphatic carbocycles. The highest BCUT2D eigenvalue weighted by Crippen LogP contribution is 2.28. The SMILES string of the molecule is O=C(Nc1nnc(SCc2ccccc2)s1)c1ccccc1I. The van der Waals surface area contributed by atoms with Crippen molar-refractivity contribution in [2.45, 2.75) is 10.1 Å². The number of amides is 1. The molecule has 1 amide bonds. The van der Waals surface area contributed by atoms with Crippen molar-refractivity contribution in [1.82, 2.24) is 10.2 Å². The molecular weight excluding hydrogens is 441 g/mol. The zero-order chi connectivity index (χ0) is 16.1. The predicted molar refractivity (Wildman–Crippen MR) is 103 cm³/mol. The zero-order valence-corrected chi connectivity index (χ0v) is 15.7. The third-order valence-electron chi connectivity index (χ3n) is 2.95. The maximum absolute atomic E-state index is 12.2. The molecule has 2 aromatic carbocycles. The van der Waals surface area contributed by atoms with Crippen molar-refractivity contribution in [3.05, 3.63) is 69.3 Å². The third kappa shape index (κ3) is 4.52. The molecule has 0 atom stereocenters. The Bertz CT molecular complexity index is 808. The number of anilines is 1. The summed E-state index contributed by atoms with van der Waals surface area (Å²) in [7, 11) is 0. The van der Waals surface area contributed by atoms with E-state index in [2.05, 4.69) is 50.2 Å². The summed E-state index contributed by atoms with van der Waals surface area (Å²) >= 11 is 5.15. The van der Waals surface area contributed by atoms with Gasteiger partial charge in [-0.15, -0.1) is 10.2 Å². The van der Waals surface area contributed by atoms with E-state index in [-0.39, 0.29) is 5.91 Å². The van der Waals surface area contributed by atoms with Gasteiger partial charge in [-0.05, 0) is 40.3 Å². The molecule has 0 unspecified atom stereocenters. The number of hydrogen-bond acceptors (Lipinski definition) is 5. The average molecular weight is 453 g/mol. The van der Waals surface area contributed by atoms with E-state index in [1.54, 1.807) is 17.8 Å². The minimum atomic E-state index is -0.161. The summed E-state index contributed by atoms with van der Waals surface area (Å²) in [4.78, 5) is 12.2. The minimum absolute atomic E-state index is 0.161. The van der Waals surface area contributed by atoms with Crippen molar-refractivity contribution >= 4 is 56.7 Å². The van der Waals surface area contributed by atoms with Gasteiger partial charge in [0.1, 0.15) is 0 Å². The van der Waals surface area contributed by atoms with E-state index in [1.807, 2.05) is 36.4 Å². The first-order valence-corrected chi connectivity index (χ1v) is 9.66. The van der Waals surface area contributed by atoms with Crippen molar-refractivity contribution < 1.29 is 4.79 Å². The highest BCUT2D eigenvalue weighted by atomic mass is 127. The van der Waals surface area contributed by atoms with E-state index >= 15 is 0 Å². The number of thioether (sulfide) groups is 1. The molecule has 4 nitrogen and oxygen atoms in total. The van der Waals surface area contributed by atoms with Gasteiger partial charge in [-0.25, -0.2) is 0 Å². The molecule has 1 N–H and O–H groups in total. The summed E-state index contributed by atoms with van der Waals surface area (Å²) in [5.41, 5.74) is 1.87. The lowest BCUT2D eigenvalue weighted by atomic mass is 10.2. The van der Waals surface area contributed by atoms with Crippen LogP contribution in [0, 0.1) is 3.57 Å². The number of halogens is 1. The van der Waals surface area contributed by atoms with Crippen molar-refractivity contribution in [3.63, 3.8) is 0 Å². The van der Waals surface area contributed by atoms with Crippen LogP contribution >= 0.6 is 45.7 Å². The van der Waals surface area contributed by atoms with Gasteiger partial charge in [0.05, 0.1) is 5.56 Å². The average Bonchev–Trinajstić information content (AvgIpc) is 3.02. The Morgan fingerprint density at radius 2 is 1.83 bits per heavy atom. The number of rotatable bonds is 5. The zero-order valence-electron chi connectivity index (χ0n) is 11.9. The van der Waals surface area contributed by atoms with E-state index in [0.29, 0.717) is 10.7 Å². The molecular formula is C16H12IN3OS2. The smallest absolute Gasteiger partial charge is 0.258 e. The highest BCUT2D eigenvalue weighted by molar-refractivity contribution is 14.1. The summed E-state index contributed by atoms with van der Waals surface area (Å²) in [5.74, 6) is 0.672. The highest BCUT2D eigenvalue weighted by Gasteiger charge is 2.12. The maximum Gasteiger partial charge on any atom is 0.258 e. The Morgan fingerprint density at radius 1 is 1.09 bits per heavy atom. The molecule has 0 aliphatic heterocycles. The van der Waals surface area contributed by atoms with Gasteiger partial charge in [-0.3, -0.25) is 10.1 Å². The monoisotopic (exact) mass is 453 g/mol. The Morgan fingerprint density at radius 3 is 2.61 bits per heavy atom. The second-order valence-electron chi connectivity index (χ2n) is 4.58. The van der Waals surface area contributed by atoms with Crippen LogP contribution in [0.2, 0.25) is 0 Å². The molecule has 1 heterocycles. The number of benzene rings is 2. The van der Waals surface area contributed by atoms with Gasteiger partial charge < -0.3 is 0 Å². The van der Waals surface area contributed by atoms with Crippen LogP contribution in [0.5, 0.6) is 0 Å². The van der Waals surface area contributed by atoms with Crippen LogP contribution < -0.4 is 5.32 Å². The van der Waals surface area contributed by atoms with E-state index in [0.717, 1.165) is 13.7 Å². The second-order valence-corrected chi connectivity index (χ2v) is 7.94. The Labute approximate surface area is 155 Å². The lowest BCUT2D eigenvalue weighted by Gasteiger charge is -2.02. The van der Waals surface area contributed by atoms with E-state index in [1.165, 1.54) is 16.9 Å². The maximum atomic E-state index is 12.2. The fourth-order valence-corrected chi connectivity index (χ4v) is 4.18. The molecule has 3 aromatic rings. The molecule has 23 heavy (non-hydrogen) atoms. The molecule has 0 saturated carbocycles. The fourth-order valence-electron chi connectivity index (χ4n) is 1.85. The summed E-state index contributed by atoms with van der Waals surface area (Å²) < 4.78 is 1.75. The first kappa shape index (κ1) is 16.4. The van der Waals surface area contributed by atoms with Crippen molar-refractivity contribution in [1.29, 1.82) is 0 Å². The number of hydrogen-bond donors (Lipinski definition) is 1. The van der Waals surface area contributed by atoms with Crippen LogP contribution in [0.4, 0.5) is 5.13 Å². The standard InChI is InChI=1S/C16H12IN3OS2/c17-13-9-5-4-8-12(13)14(21)18-15-19-20-16(23-15)22-10-11-6-2-1-3-7-11/h1-9H,10H2,(H,18,19,21). The molecule has 0 radical (unpaired) electrons. The van der Waals surface area contributed by atoms with Crippen molar-refractivity contribution in [3.8, 4) is 0 Å². The number of nitrogens with one attached hydrogen (secondary N) is 1. The molecule has 1 aromatic heterocycles. The summed E-state index contributed by atoms with van der Waals surface area (Å²) in [6, 6.07) is 17.6. The summed E-state index contributed by atoms with van der Waals surface area (Å²) in [6.45, 7) is 0. The number of nitrogens with zero attached hydrogens (tertiary/aromatic N) is 2. The van der Waals surface area contributed by atoms with E-state index < -0.39 is 0 Å². The Balaban J connectivity index is 1.61. The molecule has 7 heteroatoms. The third-order valence-corrected chi connectivity index (χ3v) is 5.93. The Hall–Kier alpha value is -1.45. The molecule has 0 aliphatic rings. The van der Waals surface area contributed by atoms with Gasteiger partial charge in [0.2, 0.25) is 5.13 Å². The van der Waals surface area contributed by atoms with E-state index in [4.69, 9.17) is 0 Å². The van der Waals surface area contributed by atoms with Crippen molar-refractivity contribution in [2.75, 3.05) is 5.32 Å². The Kier molecular flexibility index (Phi) is 5.63. The topological polar surface area (TPSA) is 54.9 Å². The van der Waals surface area contributed by atoms with Gasteiger partial charge in [0.15, 0.2) is 4.34 Å². The number of aromatic nitrogens is 2. The molecule has 0 fully saturated rings. The quantitative estimate of drug-likeness (QED) is 0.346. The van der Waals surface area contributed by atoms with Gasteiger partial charge in [-0.2, -0.15) is 0 Å². The molecule has 3 rings (SSSR count). The first-order valence-electron chi connectivity index (χ1n) is 6.78. The molecule has 0 spiro atoms. The molecule has 0 saturated heterocycles. The van der Waals surface area contributed by atoms with E-state index in [9.17, 15) is 4.79 Å². The lowest BCUT2D eigenvalue weighted by Crippen LogP contribution is -2.13. The molecule has 116 valence electrons. The largest absolute Gasteiger partial charge is 0.296 e. The number of carbonyl (C=O) groups is 1.